The van der Waals surface area contributed by atoms with E-state index in [9.17, 15) is 8.42 Å². The van der Waals surface area contributed by atoms with Crippen LogP contribution in [-0.4, -0.2) is 21.5 Å². The summed E-state index contributed by atoms with van der Waals surface area (Å²) in [4.78, 5) is 0.321. The van der Waals surface area contributed by atoms with Gasteiger partial charge in [0.2, 0.25) is 10.0 Å². The highest BCUT2D eigenvalue weighted by molar-refractivity contribution is 7.89. The van der Waals surface area contributed by atoms with Crippen molar-refractivity contribution in [2.75, 3.05) is 18.4 Å². The molecule has 4 nitrogen and oxygen atoms in total. The van der Waals surface area contributed by atoms with Crippen LogP contribution < -0.4 is 10.0 Å². The number of sulfonamides is 1. The minimum atomic E-state index is -3.40. The number of rotatable bonds is 4. The van der Waals surface area contributed by atoms with Crippen molar-refractivity contribution in [2.24, 2.45) is 0 Å². The summed E-state index contributed by atoms with van der Waals surface area (Å²) in [7, 11) is -3.40. The topological polar surface area (TPSA) is 58.2 Å². The average molecular weight is 252 g/mol. The van der Waals surface area contributed by atoms with E-state index in [1.807, 2.05) is 6.07 Å². The summed E-state index contributed by atoms with van der Waals surface area (Å²) < 4.78 is 26.3. The van der Waals surface area contributed by atoms with Crippen LogP contribution in [0.3, 0.4) is 0 Å². The standard InChI is InChI=1S/C12H16N2O2S/c1-2-7-14-17(15,16)11-5-6-12-10(9-11)4-3-8-13-12/h2,5-6,9,13-14H,1,3-4,7-8H2. The van der Waals surface area contributed by atoms with E-state index in [1.54, 1.807) is 12.1 Å². The third-order valence-electron chi connectivity index (χ3n) is 2.74. The van der Waals surface area contributed by atoms with Crippen LogP contribution in [0.15, 0.2) is 35.7 Å². The van der Waals surface area contributed by atoms with Gasteiger partial charge in [-0.05, 0) is 36.6 Å². The van der Waals surface area contributed by atoms with E-state index in [4.69, 9.17) is 0 Å². The molecule has 0 amide bonds. The molecule has 0 saturated heterocycles. The first-order chi connectivity index (χ1) is 8.13. The molecule has 0 saturated carbocycles. The molecule has 0 spiro atoms. The molecule has 0 aromatic heterocycles. The zero-order chi connectivity index (χ0) is 12.3. The molecule has 0 aliphatic carbocycles. The van der Waals surface area contributed by atoms with E-state index in [0.717, 1.165) is 30.6 Å². The summed E-state index contributed by atoms with van der Waals surface area (Å²) in [6.07, 6.45) is 3.49. The molecule has 92 valence electrons. The lowest BCUT2D eigenvalue weighted by Crippen LogP contribution is -2.24. The van der Waals surface area contributed by atoms with Gasteiger partial charge < -0.3 is 5.32 Å². The van der Waals surface area contributed by atoms with Crippen LogP contribution >= 0.6 is 0 Å². The Morgan fingerprint density at radius 1 is 1.47 bits per heavy atom. The Morgan fingerprint density at radius 3 is 3.06 bits per heavy atom. The first-order valence-electron chi connectivity index (χ1n) is 5.61. The zero-order valence-corrected chi connectivity index (χ0v) is 10.4. The second kappa shape index (κ2) is 4.89. The van der Waals surface area contributed by atoms with Gasteiger partial charge in [0, 0.05) is 18.8 Å². The number of benzene rings is 1. The van der Waals surface area contributed by atoms with E-state index in [0.29, 0.717) is 4.90 Å². The first kappa shape index (κ1) is 12.1. The molecule has 0 fully saturated rings. The minimum absolute atomic E-state index is 0.248. The third kappa shape index (κ3) is 2.68. The molecule has 5 heteroatoms. The van der Waals surface area contributed by atoms with Gasteiger partial charge in [0.1, 0.15) is 0 Å². The first-order valence-corrected chi connectivity index (χ1v) is 7.09. The van der Waals surface area contributed by atoms with Gasteiger partial charge in [0.05, 0.1) is 4.90 Å². The van der Waals surface area contributed by atoms with Crippen molar-refractivity contribution >= 4 is 15.7 Å². The molecular weight excluding hydrogens is 236 g/mol. The van der Waals surface area contributed by atoms with Crippen LogP contribution in [0.4, 0.5) is 5.69 Å². The van der Waals surface area contributed by atoms with E-state index in [-0.39, 0.29) is 6.54 Å². The molecule has 2 N–H and O–H groups in total. The van der Waals surface area contributed by atoms with E-state index in [2.05, 4.69) is 16.6 Å². The van der Waals surface area contributed by atoms with Gasteiger partial charge in [-0.15, -0.1) is 6.58 Å². The Kier molecular flexibility index (Phi) is 3.49. The van der Waals surface area contributed by atoms with Crippen LogP contribution in [-0.2, 0) is 16.4 Å². The Labute approximate surface area is 102 Å². The number of nitrogens with one attached hydrogen (secondary N) is 2. The largest absolute Gasteiger partial charge is 0.385 e. The molecule has 1 aliphatic rings. The van der Waals surface area contributed by atoms with Gasteiger partial charge in [0.25, 0.3) is 0 Å². The van der Waals surface area contributed by atoms with Crippen molar-refractivity contribution in [2.45, 2.75) is 17.7 Å². The summed E-state index contributed by atoms with van der Waals surface area (Å²) in [6, 6.07) is 5.20. The molecule has 2 rings (SSSR count). The highest BCUT2D eigenvalue weighted by Crippen LogP contribution is 2.24. The van der Waals surface area contributed by atoms with Gasteiger partial charge >= 0.3 is 0 Å². The van der Waals surface area contributed by atoms with Crippen molar-refractivity contribution in [3.05, 3.63) is 36.4 Å². The minimum Gasteiger partial charge on any atom is -0.385 e. The van der Waals surface area contributed by atoms with Crippen molar-refractivity contribution in [3.63, 3.8) is 0 Å². The van der Waals surface area contributed by atoms with Gasteiger partial charge in [-0.3, -0.25) is 0 Å². The SMILES string of the molecule is C=CCNS(=O)(=O)c1ccc2c(c1)CCCN2. The second-order valence-corrected chi connectivity index (χ2v) is 5.76. The van der Waals surface area contributed by atoms with Crippen LogP contribution in [0, 0.1) is 0 Å². The summed E-state index contributed by atoms with van der Waals surface area (Å²) in [6.45, 7) is 4.69. The van der Waals surface area contributed by atoms with Crippen LogP contribution in [0.25, 0.3) is 0 Å². The molecular formula is C12H16N2O2S. The second-order valence-electron chi connectivity index (χ2n) is 3.99. The fourth-order valence-corrected chi connectivity index (χ4v) is 2.92. The maximum Gasteiger partial charge on any atom is 0.240 e. The fraction of sp³-hybridized carbons (Fsp3) is 0.333. The Morgan fingerprint density at radius 2 is 2.29 bits per heavy atom. The van der Waals surface area contributed by atoms with Gasteiger partial charge in [-0.25, -0.2) is 13.1 Å². The van der Waals surface area contributed by atoms with Crippen molar-refractivity contribution < 1.29 is 8.42 Å². The molecule has 1 heterocycles. The summed E-state index contributed by atoms with van der Waals surface area (Å²) in [5.41, 5.74) is 2.11. The zero-order valence-electron chi connectivity index (χ0n) is 9.57. The Hall–Kier alpha value is -1.33. The molecule has 1 aromatic rings. The maximum atomic E-state index is 11.9. The molecule has 0 radical (unpaired) electrons. The highest BCUT2D eigenvalue weighted by atomic mass is 32.2. The van der Waals surface area contributed by atoms with Crippen LogP contribution in [0.5, 0.6) is 0 Å². The van der Waals surface area contributed by atoms with Gasteiger partial charge in [-0.2, -0.15) is 0 Å². The highest BCUT2D eigenvalue weighted by Gasteiger charge is 2.16. The lowest BCUT2D eigenvalue weighted by atomic mass is 10.0. The van der Waals surface area contributed by atoms with Crippen molar-refractivity contribution in [1.29, 1.82) is 0 Å². The van der Waals surface area contributed by atoms with E-state index >= 15 is 0 Å². The predicted molar refractivity (Wildman–Crippen MR) is 68.6 cm³/mol. The maximum absolute atomic E-state index is 11.9. The monoisotopic (exact) mass is 252 g/mol. The molecule has 0 atom stereocenters. The van der Waals surface area contributed by atoms with Crippen molar-refractivity contribution in [3.8, 4) is 0 Å². The van der Waals surface area contributed by atoms with Gasteiger partial charge in [-0.1, -0.05) is 6.08 Å². The quantitative estimate of drug-likeness (QED) is 0.799. The Balaban J connectivity index is 2.30. The number of hydrogen-bond acceptors (Lipinski definition) is 3. The number of fused-ring (bicyclic) bond motifs is 1. The molecule has 1 aromatic carbocycles. The van der Waals surface area contributed by atoms with Crippen LogP contribution in [0.1, 0.15) is 12.0 Å². The lowest BCUT2D eigenvalue weighted by molar-refractivity contribution is 0.585. The number of anilines is 1. The number of hydrogen-bond donors (Lipinski definition) is 2. The molecule has 0 bridgehead atoms. The lowest BCUT2D eigenvalue weighted by Gasteiger charge is -2.18. The molecule has 0 unspecified atom stereocenters. The predicted octanol–water partition coefficient (Wildman–Crippen LogP) is 1.51. The smallest absolute Gasteiger partial charge is 0.240 e. The summed E-state index contributed by atoms with van der Waals surface area (Å²) >= 11 is 0. The number of aryl methyl sites for hydroxylation is 1. The van der Waals surface area contributed by atoms with Crippen LogP contribution in [0.2, 0.25) is 0 Å². The summed E-state index contributed by atoms with van der Waals surface area (Å²) in [5, 5.41) is 3.25. The third-order valence-corrected chi connectivity index (χ3v) is 4.16. The normalized spacial score (nSPS) is 14.8. The summed E-state index contributed by atoms with van der Waals surface area (Å²) in [5.74, 6) is 0. The average Bonchev–Trinajstić information content (AvgIpc) is 2.36. The van der Waals surface area contributed by atoms with E-state index in [1.165, 1.54) is 6.08 Å². The molecule has 1 aliphatic heterocycles. The van der Waals surface area contributed by atoms with E-state index < -0.39 is 10.0 Å². The Bertz CT molecular complexity index is 523. The fourth-order valence-electron chi connectivity index (χ4n) is 1.87. The molecule has 17 heavy (non-hydrogen) atoms. The van der Waals surface area contributed by atoms with Gasteiger partial charge in [0.15, 0.2) is 0 Å². The van der Waals surface area contributed by atoms with Crippen molar-refractivity contribution in [1.82, 2.24) is 4.72 Å².